The van der Waals surface area contributed by atoms with Crippen LogP contribution in [0.2, 0.25) is 5.02 Å². The number of dihydropyridines is 1. The van der Waals surface area contributed by atoms with Crippen LogP contribution in [0.5, 0.6) is 0 Å². The monoisotopic (exact) mass is 555 g/mol. The minimum atomic E-state index is -0.555. The number of benzene rings is 1. The van der Waals surface area contributed by atoms with E-state index in [-0.39, 0.29) is 5.60 Å². The van der Waals surface area contributed by atoms with Crippen molar-refractivity contribution in [3.8, 4) is 0 Å². The number of hydrogen-bond donors (Lipinski definition) is 1. The summed E-state index contributed by atoms with van der Waals surface area (Å²) in [6.07, 6.45) is 15.3. The second kappa shape index (κ2) is 13.6. The molecule has 2 N–H and O–H groups in total. The van der Waals surface area contributed by atoms with E-state index in [0.717, 1.165) is 67.7 Å². The van der Waals surface area contributed by atoms with Crippen molar-refractivity contribution in [2.75, 3.05) is 26.2 Å². The minimum Gasteiger partial charge on any atom is -0.372 e. The number of ether oxygens (including phenoxy) is 1. The SMILES string of the molecule is CC(C)C1CC[C@@H](C)C[C@H]1OC(C)(C)CCCN1CCC(C[C@](N)(C2=NCCC=C2)c2ccc(Cl)cc2)CC1. The van der Waals surface area contributed by atoms with E-state index >= 15 is 0 Å². The zero-order valence-electron chi connectivity index (χ0n) is 25.3. The molecule has 1 aliphatic carbocycles. The van der Waals surface area contributed by atoms with Gasteiger partial charge in [0, 0.05) is 11.6 Å². The summed E-state index contributed by atoms with van der Waals surface area (Å²) in [7, 11) is 0. The van der Waals surface area contributed by atoms with Crippen LogP contribution < -0.4 is 5.73 Å². The summed E-state index contributed by atoms with van der Waals surface area (Å²) < 4.78 is 6.83. The summed E-state index contributed by atoms with van der Waals surface area (Å²) in [4.78, 5) is 7.51. The number of halogens is 1. The predicted octanol–water partition coefficient (Wildman–Crippen LogP) is 8.03. The van der Waals surface area contributed by atoms with Crippen molar-refractivity contribution in [2.45, 2.75) is 110 Å². The van der Waals surface area contributed by atoms with Gasteiger partial charge in [-0.2, -0.15) is 0 Å². The first kappa shape index (κ1) is 30.8. The molecule has 218 valence electrons. The number of aliphatic imine (C=N–C) groups is 1. The molecule has 3 aliphatic rings. The molecular weight excluding hydrogens is 502 g/mol. The molecule has 5 heteroatoms. The normalized spacial score (nSPS) is 27.0. The Hall–Kier alpha value is -1.20. The topological polar surface area (TPSA) is 50.9 Å². The largest absolute Gasteiger partial charge is 0.372 e. The van der Waals surface area contributed by atoms with Gasteiger partial charge in [0.1, 0.15) is 0 Å². The fourth-order valence-corrected chi connectivity index (χ4v) is 7.36. The van der Waals surface area contributed by atoms with Gasteiger partial charge in [-0.15, -0.1) is 0 Å². The highest BCUT2D eigenvalue weighted by Crippen LogP contribution is 2.38. The fraction of sp³-hybridized carbons (Fsp3) is 0.735. The molecule has 1 aromatic rings. The second-order valence-corrected chi connectivity index (χ2v) is 14.2. The Balaban J connectivity index is 1.26. The average molecular weight is 556 g/mol. The van der Waals surface area contributed by atoms with Crippen molar-refractivity contribution < 1.29 is 4.74 Å². The lowest BCUT2D eigenvalue weighted by Crippen LogP contribution is -2.48. The van der Waals surface area contributed by atoms with Crippen LogP contribution in [0.25, 0.3) is 0 Å². The smallest absolute Gasteiger partial charge is 0.0837 e. The molecule has 1 unspecified atom stereocenters. The Morgan fingerprint density at radius 2 is 1.82 bits per heavy atom. The van der Waals surface area contributed by atoms with E-state index in [1.165, 1.54) is 38.5 Å². The molecule has 0 amide bonds. The van der Waals surface area contributed by atoms with Crippen molar-refractivity contribution in [3.63, 3.8) is 0 Å². The fourth-order valence-electron chi connectivity index (χ4n) is 7.23. The molecule has 39 heavy (non-hydrogen) atoms. The Bertz CT molecular complexity index is 963. The third kappa shape index (κ3) is 8.41. The van der Waals surface area contributed by atoms with Crippen LogP contribution in [-0.4, -0.2) is 48.5 Å². The van der Waals surface area contributed by atoms with Gasteiger partial charge < -0.3 is 15.4 Å². The molecule has 0 aromatic heterocycles. The number of likely N-dealkylation sites (tertiary alicyclic amines) is 1. The summed E-state index contributed by atoms with van der Waals surface area (Å²) in [6, 6.07) is 8.09. The van der Waals surface area contributed by atoms with Gasteiger partial charge in [-0.25, -0.2) is 0 Å². The van der Waals surface area contributed by atoms with E-state index in [1.807, 2.05) is 12.1 Å². The Morgan fingerprint density at radius 1 is 1.10 bits per heavy atom. The van der Waals surface area contributed by atoms with Crippen LogP contribution in [0.15, 0.2) is 41.4 Å². The van der Waals surface area contributed by atoms with Gasteiger partial charge in [0.05, 0.1) is 23.0 Å². The summed E-state index contributed by atoms with van der Waals surface area (Å²) in [5.41, 5.74) is 8.73. The van der Waals surface area contributed by atoms with Gasteiger partial charge in [-0.05, 0) is 132 Å². The quantitative estimate of drug-likeness (QED) is 0.300. The van der Waals surface area contributed by atoms with Crippen LogP contribution in [0.1, 0.15) is 98.0 Å². The highest BCUT2D eigenvalue weighted by Gasteiger charge is 2.37. The Morgan fingerprint density at radius 3 is 2.46 bits per heavy atom. The van der Waals surface area contributed by atoms with E-state index in [9.17, 15) is 0 Å². The maximum absolute atomic E-state index is 7.20. The number of hydrogen-bond acceptors (Lipinski definition) is 4. The lowest BCUT2D eigenvalue weighted by Gasteiger charge is -2.42. The number of nitrogens with zero attached hydrogens (tertiary/aromatic N) is 2. The van der Waals surface area contributed by atoms with E-state index in [4.69, 9.17) is 27.1 Å². The molecule has 2 heterocycles. The third-order valence-corrected chi connectivity index (χ3v) is 9.92. The summed E-state index contributed by atoms with van der Waals surface area (Å²) in [5, 5.41) is 0.747. The lowest BCUT2D eigenvalue weighted by atomic mass is 9.75. The van der Waals surface area contributed by atoms with Crippen LogP contribution in [0.3, 0.4) is 0 Å². The van der Waals surface area contributed by atoms with Gasteiger partial charge in [0.2, 0.25) is 0 Å². The Labute approximate surface area is 243 Å². The molecule has 4 nitrogen and oxygen atoms in total. The molecule has 1 saturated carbocycles. The summed E-state index contributed by atoms with van der Waals surface area (Å²) >= 11 is 6.20. The highest BCUT2D eigenvalue weighted by molar-refractivity contribution is 6.30. The Kier molecular flexibility index (Phi) is 10.8. The highest BCUT2D eigenvalue weighted by atomic mass is 35.5. The molecule has 2 aliphatic heterocycles. The maximum atomic E-state index is 7.20. The molecule has 2 fully saturated rings. The molecule has 0 radical (unpaired) electrons. The molecule has 0 spiro atoms. The molecule has 1 saturated heterocycles. The second-order valence-electron chi connectivity index (χ2n) is 13.8. The van der Waals surface area contributed by atoms with E-state index < -0.39 is 5.54 Å². The van der Waals surface area contributed by atoms with Gasteiger partial charge in [0.25, 0.3) is 0 Å². The number of rotatable bonds is 11. The van der Waals surface area contributed by atoms with E-state index in [0.29, 0.717) is 23.9 Å². The van der Waals surface area contributed by atoms with Crippen LogP contribution in [-0.2, 0) is 10.3 Å². The van der Waals surface area contributed by atoms with Gasteiger partial charge in [-0.1, -0.05) is 57.0 Å². The van der Waals surface area contributed by atoms with Crippen LogP contribution >= 0.6 is 11.6 Å². The number of nitrogens with two attached hydrogens (primary N) is 1. The van der Waals surface area contributed by atoms with E-state index in [2.05, 4.69) is 63.8 Å². The van der Waals surface area contributed by atoms with E-state index in [1.54, 1.807) is 0 Å². The standard InChI is InChI=1S/C34H54ClN3O/c1-25(2)30-15-10-26(3)23-31(30)39-33(4,5)18-8-20-38-21-16-27(17-22-38)24-34(36,32-9-6-7-19-37-32)28-11-13-29(35)14-12-28/h6,9,11-14,25-27,30-31H,7-8,10,15-24,36H2,1-5H3/t26-,30?,31-,34-/m1/s1. The molecule has 0 bridgehead atoms. The first-order chi connectivity index (χ1) is 18.6. The van der Waals surface area contributed by atoms with Crippen LogP contribution in [0.4, 0.5) is 0 Å². The van der Waals surface area contributed by atoms with Gasteiger partial charge >= 0.3 is 0 Å². The van der Waals surface area contributed by atoms with Crippen molar-refractivity contribution in [1.29, 1.82) is 0 Å². The van der Waals surface area contributed by atoms with Crippen molar-refractivity contribution in [1.82, 2.24) is 4.90 Å². The summed E-state index contributed by atoms with van der Waals surface area (Å²) in [5.74, 6) is 2.79. The molecule has 1 aromatic carbocycles. The predicted molar refractivity (Wildman–Crippen MR) is 167 cm³/mol. The molecule has 4 atom stereocenters. The molecule has 4 rings (SSSR count). The van der Waals surface area contributed by atoms with Crippen molar-refractivity contribution in [3.05, 3.63) is 47.0 Å². The first-order valence-corrected chi connectivity index (χ1v) is 16.1. The van der Waals surface area contributed by atoms with Gasteiger partial charge in [0.15, 0.2) is 0 Å². The van der Waals surface area contributed by atoms with Crippen molar-refractivity contribution >= 4 is 17.3 Å². The molecular formula is C34H54ClN3O. The zero-order valence-corrected chi connectivity index (χ0v) is 26.1. The number of piperidine rings is 1. The van der Waals surface area contributed by atoms with Gasteiger partial charge in [-0.3, -0.25) is 4.99 Å². The summed E-state index contributed by atoms with van der Waals surface area (Å²) in [6.45, 7) is 16.1. The third-order valence-electron chi connectivity index (χ3n) is 9.67. The minimum absolute atomic E-state index is 0.0564. The lowest BCUT2D eigenvalue weighted by molar-refractivity contribution is -0.127. The van der Waals surface area contributed by atoms with Crippen molar-refractivity contribution in [2.24, 2.45) is 34.4 Å². The zero-order chi connectivity index (χ0) is 28.0. The maximum Gasteiger partial charge on any atom is 0.0837 e. The first-order valence-electron chi connectivity index (χ1n) is 15.7. The average Bonchev–Trinajstić information content (AvgIpc) is 2.90. The van der Waals surface area contributed by atoms with Crippen LogP contribution in [0, 0.1) is 23.7 Å².